The molecule has 0 unspecified atom stereocenters. The van der Waals surface area contributed by atoms with Crippen LogP contribution in [-0.2, 0) is 11.3 Å². The number of carboxylic acid groups (broad SMARTS) is 1. The summed E-state index contributed by atoms with van der Waals surface area (Å²) in [6.07, 6.45) is 4.42. The van der Waals surface area contributed by atoms with Gasteiger partial charge in [0, 0.05) is 50.2 Å². The highest BCUT2D eigenvalue weighted by Crippen LogP contribution is 2.31. The van der Waals surface area contributed by atoms with Gasteiger partial charge in [0.25, 0.3) is 0 Å². The van der Waals surface area contributed by atoms with Gasteiger partial charge in [0.2, 0.25) is 0 Å². The molecule has 27 heavy (non-hydrogen) atoms. The predicted octanol–water partition coefficient (Wildman–Crippen LogP) is 2.56. The van der Waals surface area contributed by atoms with Crippen molar-refractivity contribution in [3.8, 4) is 5.75 Å². The van der Waals surface area contributed by atoms with E-state index in [-0.39, 0.29) is 5.75 Å². The lowest BCUT2D eigenvalue weighted by atomic mass is 10.0. The molecule has 1 aliphatic rings. The summed E-state index contributed by atoms with van der Waals surface area (Å²) in [4.78, 5) is 20.3. The van der Waals surface area contributed by atoms with Gasteiger partial charge in [-0.25, -0.2) is 4.39 Å². The van der Waals surface area contributed by atoms with Gasteiger partial charge >= 0.3 is 5.97 Å². The van der Waals surface area contributed by atoms with Crippen LogP contribution < -0.4 is 4.74 Å². The summed E-state index contributed by atoms with van der Waals surface area (Å²) in [6, 6.07) is 7.15. The zero-order chi connectivity index (χ0) is 19.2. The van der Waals surface area contributed by atoms with E-state index in [0.717, 1.165) is 26.1 Å². The van der Waals surface area contributed by atoms with Crippen molar-refractivity contribution < 1.29 is 19.0 Å². The number of aromatic nitrogens is 1. The first-order valence-electron chi connectivity index (χ1n) is 9.00. The zero-order valence-electron chi connectivity index (χ0n) is 15.3. The van der Waals surface area contributed by atoms with E-state index in [4.69, 9.17) is 4.74 Å². The van der Waals surface area contributed by atoms with Gasteiger partial charge in [-0.1, -0.05) is 6.07 Å². The van der Waals surface area contributed by atoms with E-state index in [2.05, 4.69) is 9.88 Å². The van der Waals surface area contributed by atoms with E-state index in [1.807, 2.05) is 17.0 Å². The molecule has 0 aliphatic carbocycles. The Kier molecular flexibility index (Phi) is 6.36. The third-order valence-electron chi connectivity index (χ3n) is 4.87. The second-order valence-corrected chi connectivity index (χ2v) is 6.65. The molecule has 0 amide bonds. The Morgan fingerprint density at radius 1 is 1.22 bits per heavy atom. The van der Waals surface area contributed by atoms with Crippen molar-refractivity contribution in [3.05, 3.63) is 59.7 Å². The number of halogens is 1. The third kappa shape index (κ3) is 4.81. The highest BCUT2D eigenvalue weighted by atomic mass is 19.1. The lowest BCUT2D eigenvalue weighted by molar-refractivity contribution is -0.143. The first-order chi connectivity index (χ1) is 13.1. The molecule has 0 saturated carbocycles. The molecule has 0 spiro atoms. The zero-order valence-corrected chi connectivity index (χ0v) is 15.3. The summed E-state index contributed by atoms with van der Waals surface area (Å²) in [6.45, 7) is 3.74. The molecule has 144 valence electrons. The molecule has 1 aromatic carbocycles. The molecular weight excluding hydrogens is 349 g/mol. The first kappa shape index (κ1) is 19.3. The average Bonchev–Trinajstić information content (AvgIpc) is 2.89. The molecule has 1 fully saturated rings. The van der Waals surface area contributed by atoms with E-state index >= 15 is 0 Å². The Morgan fingerprint density at radius 3 is 2.70 bits per heavy atom. The Bertz CT molecular complexity index is 772. The molecule has 7 heteroatoms. The lowest BCUT2D eigenvalue weighted by Gasteiger charge is -2.29. The second-order valence-electron chi connectivity index (χ2n) is 6.65. The van der Waals surface area contributed by atoms with Gasteiger partial charge in [-0.15, -0.1) is 0 Å². The molecular formula is C20H24FN3O3. The number of rotatable bonds is 6. The van der Waals surface area contributed by atoms with Crippen molar-refractivity contribution in [2.45, 2.75) is 19.0 Å². The number of ether oxygens (including phenoxy) is 1. The number of methoxy groups -OCH3 is 1. The molecule has 2 aromatic rings. The monoisotopic (exact) mass is 373 g/mol. The summed E-state index contributed by atoms with van der Waals surface area (Å²) >= 11 is 0. The van der Waals surface area contributed by atoms with Gasteiger partial charge in [-0.05, 0) is 36.7 Å². The minimum atomic E-state index is -0.956. The fourth-order valence-electron chi connectivity index (χ4n) is 3.55. The number of carboxylic acids is 1. The summed E-state index contributed by atoms with van der Waals surface area (Å²) in [5.41, 5.74) is 1.67. The number of nitrogens with zero attached hydrogens (tertiary/aromatic N) is 3. The maximum Gasteiger partial charge on any atom is 0.325 e. The van der Waals surface area contributed by atoms with Crippen molar-refractivity contribution in [1.82, 2.24) is 14.8 Å². The summed E-state index contributed by atoms with van der Waals surface area (Å²) < 4.78 is 18.7. The van der Waals surface area contributed by atoms with Crippen molar-refractivity contribution >= 4 is 5.97 Å². The molecule has 1 aromatic heterocycles. The standard InChI is InChI=1S/C20H24FN3O3/c1-27-18-13-16(21)3-4-17(18)19(20(25)26)24-10-2-9-23(11-12-24)14-15-5-7-22-8-6-15/h3-8,13,19H,2,9-12,14H2,1H3,(H,25,26)/t19-/m1/s1. The quantitative estimate of drug-likeness (QED) is 0.840. The normalized spacial score (nSPS) is 17.3. The first-order valence-corrected chi connectivity index (χ1v) is 9.00. The maximum atomic E-state index is 13.5. The SMILES string of the molecule is COc1cc(F)ccc1[C@H](C(=O)O)N1CCCN(Cc2ccncc2)CC1. The van der Waals surface area contributed by atoms with Crippen LogP contribution in [0.4, 0.5) is 4.39 Å². The highest BCUT2D eigenvalue weighted by Gasteiger charge is 2.31. The minimum Gasteiger partial charge on any atom is -0.496 e. The van der Waals surface area contributed by atoms with Crippen LogP contribution in [0.1, 0.15) is 23.6 Å². The van der Waals surface area contributed by atoms with Crippen molar-refractivity contribution in [1.29, 1.82) is 0 Å². The molecule has 0 radical (unpaired) electrons. The van der Waals surface area contributed by atoms with Crippen LogP contribution in [0.3, 0.4) is 0 Å². The molecule has 1 atom stereocenters. The maximum absolute atomic E-state index is 13.5. The average molecular weight is 373 g/mol. The number of carbonyl (C=O) groups is 1. The van der Waals surface area contributed by atoms with Crippen molar-refractivity contribution in [2.24, 2.45) is 0 Å². The van der Waals surface area contributed by atoms with Crippen LogP contribution in [0.15, 0.2) is 42.7 Å². The van der Waals surface area contributed by atoms with Gasteiger partial charge in [0.1, 0.15) is 17.6 Å². The van der Waals surface area contributed by atoms with Gasteiger partial charge in [0.15, 0.2) is 0 Å². The fraction of sp³-hybridized carbons (Fsp3) is 0.400. The Labute approximate surface area is 158 Å². The Morgan fingerprint density at radius 2 is 2.00 bits per heavy atom. The summed E-state index contributed by atoms with van der Waals surface area (Å²) in [5.74, 6) is -1.14. The lowest BCUT2D eigenvalue weighted by Crippen LogP contribution is -2.37. The van der Waals surface area contributed by atoms with E-state index in [9.17, 15) is 14.3 Å². The van der Waals surface area contributed by atoms with Crippen molar-refractivity contribution in [2.75, 3.05) is 33.3 Å². The molecule has 3 rings (SSSR count). The topological polar surface area (TPSA) is 65.9 Å². The smallest absolute Gasteiger partial charge is 0.325 e. The number of pyridine rings is 1. The van der Waals surface area contributed by atoms with Gasteiger partial charge in [-0.2, -0.15) is 0 Å². The minimum absolute atomic E-state index is 0.264. The molecule has 1 aliphatic heterocycles. The molecule has 1 N–H and O–H groups in total. The summed E-state index contributed by atoms with van der Waals surface area (Å²) in [7, 11) is 1.43. The number of hydrogen-bond donors (Lipinski definition) is 1. The predicted molar refractivity (Wildman–Crippen MR) is 99.0 cm³/mol. The van der Waals surface area contributed by atoms with Gasteiger partial charge in [-0.3, -0.25) is 19.6 Å². The number of aliphatic carboxylic acids is 1. The van der Waals surface area contributed by atoms with Crippen LogP contribution >= 0.6 is 0 Å². The van der Waals surface area contributed by atoms with Gasteiger partial charge in [0.05, 0.1) is 7.11 Å². The second kappa shape index (κ2) is 8.92. The highest BCUT2D eigenvalue weighted by molar-refractivity contribution is 5.76. The van der Waals surface area contributed by atoms with Crippen LogP contribution in [0, 0.1) is 5.82 Å². The van der Waals surface area contributed by atoms with Crippen molar-refractivity contribution in [3.63, 3.8) is 0 Å². The van der Waals surface area contributed by atoms with Crippen LogP contribution in [0.25, 0.3) is 0 Å². The molecule has 6 nitrogen and oxygen atoms in total. The Balaban J connectivity index is 1.74. The van der Waals surface area contributed by atoms with E-state index in [0.29, 0.717) is 18.7 Å². The van der Waals surface area contributed by atoms with Crippen LogP contribution in [0.5, 0.6) is 5.75 Å². The summed E-state index contributed by atoms with van der Waals surface area (Å²) in [5, 5.41) is 9.85. The molecule has 1 saturated heterocycles. The number of hydrogen-bond acceptors (Lipinski definition) is 5. The van der Waals surface area contributed by atoms with E-state index < -0.39 is 17.8 Å². The Hall–Kier alpha value is -2.51. The third-order valence-corrected chi connectivity index (χ3v) is 4.87. The van der Waals surface area contributed by atoms with Crippen LogP contribution in [-0.4, -0.2) is 59.1 Å². The number of benzene rings is 1. The molecule has 2 heterocycles. The van der Waals surface area contributed by atoms with Gasteiger partial charge < -0.3 is 9.84 Å². The van der Waals surface area contributed by atoms with E-state index in [1.54, 1.807) is 12.4 Å². The fourth-order valence-corrected chi connectivity index (χ4v) is 3.55. The van der Waals surface area contributed by atoms with E-state index in [1.165, 1.54) is 30.9 Å². The van der Waals surface area contributed by atoms with Crippen LogP contribution in [0.2, 0.25) is 0 Å². The largest absolute Gasteiger partial charge is 0.496 e. The molecule has 0 bridgehead atoms.